The molecule has 2 unspecified atom stereocenters. The lowest BCUT2D eigenvalue weighted by Crippen LogP contribution is -2.60. The molecule has 1 aliphatic heterocycles. The van der Waals surface area contributed by atoms with Crippen LogP contribution in [0.1, 0.15) is 12.5 Å². The Morgan fingerprint density at radius 3 is 2.58 bits per heavy atom. The molecule has 1 aromatic carbocycles. The summed E-state index contributed by atoms with van der Waals surface area (Å²) in [6.07, 6.45) is -6.84. The summed E-state index contributed by atoms with van der Waals surface area (Å²) >= 11 is 0. The number of esters is 1. The zero-order valence-corrected chi connectivity index (χ0v) is 18.1. The topological polar surface area (TPSA) is 196 Å². The van der Waals surface area contributed by atoms with E-state index in [-0.39, 0.29) is 11.5 Å². The van der Waals surface area contributed by atoms with E-state index in [1.807, 2.05) is 0 Å². The fraction of sp³-hybridized carbons (Fsp3) is 0.571. The van der Waals surface area contributed by atoms with Crippen LogP contribution in [-0.4, -0.2) is 111 Å². The highest BCUT2D eigenvalue weighted by atomic mass is 16.7. The monoisotopic (exact) mass is 474 g/mol. The van der Waals surface area contributed by atoms with Crippen LogP contribution >= 0.6 is 0 Å². The van der Waals surface area contributed by atoms with Crippen LogP contribution in [0.3, 0.4) is 0 Å². The van der Waals surface area contributed by atoms with E-state index in [1.54, 1.807) is 0 Å². The van der Waals surface area contributed by atoms with E-state index in [2.05, 4.69) is 0 Å². The standard InChI is InChI=1S/C21H30O12/c1-21(29,10-22)15(24)9-32-20-19(28)18(27)17(26)14(33-20)8-31-16(25)6-4-11-3-5-12(23)13(7-11)30-2/h3-7,14-15,17-20,22-24,26-29H,8-10H2,1-2H3/b6-4+/t14-,15?,17-,18+,19-,20-,21?/m1/s1. The summed E-state index contributed by atoms with van der Waals surface area (Å²) in [7, 11) is 1.38. The number of phenolic OH excluding ortho intramolecular Hbond substituents is 1. The molecule has 0 saturated carbocycles. The van der Waals surface area contributed by atoms with Gasteiger partial charge in [0, 0.05) is 6.08 Å². The highest BCUT2D eigenvalue weighted by Gasteiger charge is 2.45. The number of methoxy groups -OCH3 is 1. The lowest BCUT2D eigenvalue weighted by molar-refractivity contribution is -0.308. The van der Waals surface area contributed by atoms with Crippen LogP contribution in [0.5, 0.6) is 11.5 Å². The van der Waals surface area contributed by atoms with Crippen molar-refractivity contribution >= 4 is 12.0 Å². The first-order chi connectivity index (χ1) is 15.5. The summed E-state index contributed by atoms with van der Waals surface area (Å²) in [5, 5.41) is 68.5. The van der Waals surface area contributed by atoms with Gasteiger partial charge in [0.25, 0.3) is 0 Å². The molecule has 2 rings (SSSR count). The van der Waals surface area contributed by atoms with Crippen LogP contribution in [-0.2, 0) is 19.0 Å². The van der Waals surface area contributed by atoms with E-state index in [4.69, 9.17) is 24.1 Å². The van der Waals surface area contributed by atoms with E-state index in [0.29, 0.717) is 5.56 Å². The van der Waals surface area contributed by atoms with Gasteiger partial charge in [-0.3, -0.25) is 0 Å². The van der Waals surface area contributed by atoms with Gasteiger partial charge < -0.3 is 54.7 Å². The maximum absolute atomic E-state index is 12.0. The third-order valence-corrected chi connectivity index (χ3v) is 5.13. The second-order valence-corrected chi connectivity index (χ2v) is 7.77. The van der Waals surface area contributed by atoms with Crippen molar-refractivity contribution in [2.24, 2.45) is 0 Å². The number of aromatic hydroxyl groups is 1. The van der Waals surface area contributed by atoms with Gasteiger partial charge in [-0.1, -0.05) is 6.07 Å². The minimum Gasteiger partial charge on any atom is -0.504 e. The van der Waals surface area contributed by atoms with Crippen molar-refractivity contribution in [3.05, 3.63) is 29.8 Å². The molecule has 1 aliphatic rings. The molecule has 33 heavy (non-hydrogen) atoms. The first kappa shape index (κ1) is 27.0. The number of ether oxygens (including phenoxy) is 4. The molecule has 7 atom stereocenters. The number of hydrogen-bond donors (Lipinski definition) is 7. The number of carbonyl (C=O) groups excluding carboxylic acids is 1. The summed E-state index contributed by atoms with van der Waals surface area (Å²) in [6.45, 7) is -0.648. The largest absolute Gasteiger partial charge is 0.504 e. The number of carbonyl (C=O) groups is 1. The second kappa shape index (κ2) is 11.7. The van der Waals surface area contributed by atoms with E-state index in [1.165, 1.54) is 38.3 Å². The molecular formula is C21H30O12. The van der Waals surface area contributed by atoms with Crippen LogP contribution < -0.4 is 4.74 Å². The minimum atomic E-state index is -1.87. The van der Waals surface area contributed by atoms with Gasteiger partial charge in [-0.25, -0.2) is 4.79 Å². The molecular weight excluding hydrogens is 444 g/mol. The van der Waals surface area contributed by atoms with Crippen LogP contribution in [0.15, 0.2) is 24.3 Å². The average Bonchev–Trinajstić information content (AvgIpc) is 2.80. The quantitative estimate of drug-likeness (QED) is 0.144. The van der Waals surface area contributed by atoms with Gasteiger partial charge in [0.15, 0.2) is 17.8 Å². The van der Waals surface area contributed by atoms with Crippen LogP contribution in [0.2, 0.25) is 0 Å². The van der Waals surface area contributed by atoms with Crippen molar-refractivity contribution in [2.75, 3.05) is 26.9 Å². The Labute approximate surface area is 189 Å². The molecule has 12 heteroatoms. The SMILES string of the molecule is COc1cc(/C=C/C(=O)OC[C@H]2O[C@@H](OCC(O)C(C)(O)CO)[C@H](O)[C@@H](O)[C@@H]2O)ccc1O. The Hall–Kier alpha value is -2.29. The molecule has 1 saturated heterocycles. The van der Waals surface area contributed by atoms with Crippen LogP contribution in [0, 0.1) is 0 Å². The smallest absolute Gasteiger partial charge is 0.330 e. The predicted octanol–water partition coefficient (Wildman–Crippen LogP) is -2.11. The van der Waals surface area contributed by atoms with Gasteiger partial charge in [0.05, 0.1) is 20.3 Å². The van der Waals surface area contributed by atoms with Gasteiger partial charge in [-0.2, -0.15) is 0 Å². The van der Waals surface area contributed by atoms with Crippen molar-refractivity contribution in [1.29, 1.82) is 0 Å². The Morgan fingerprint density at radius 1 is 1.24 bits per heavy atom. The molecule has 1 heterocycles. The number of benzene rings is 1. The van der Waals surface area contributed by atoms with Gasteiger partial charge in [0.1, 0.15) is 42.7 Å². The van der Waals surface area contributed by atoms with E-state index >= 15 is 0 Å². The van der Waals surface area contributed by atoms with Crippen molar-refractivity contribution in [3.8, 4) is 11.5 Å². The molecule has 186 valence electrons. The number of aliphatic hydroxyl groups is 6. The van der Waals surface area contributed by atoms with Gasteiger partial charge in [-0.05, 0) is 30.7 Å². The molecule has 7 N–H and O–H groups in total. The molecule has 1 fully saturated rings. The molecule has 0 amide bonds. The summed E-state index contributed by atoms with van der Waals surface area (Å²) < 4.78 is 20.5. The van der Waals surface area contributed by atoms with Crippen molar-refractivity contribution in [3.63, 3.8) is 0 Å². The van der Waals surface area contributed by atoms with Crippen LogP contribution in [0.4, 0.5) is 0 Å². The normalized spacial score (nSPS) is 28.3. The lowest BCUT2D eigenvalue weighted by atomic mass is 9.99. The fourth-order valence-electron chi connectivity index (χ4n) is 2.84. The van der Waals surface area contributed by atoms with Gasteiger partial charge >= 0.3 is 5.97 Å². The first-order valence-electron chi connectivity index (χ1n) is 10.0. The highest BCUT2D eigenvalue weighted by Crippen LogP contribution is 2.27. The molecule has 0 radical (unpaired) electrons. The lowest BCUT2D eigenvalue weighted by Gasteiger charge is -2.40. The number of rotatable bonds is 10. The van der Waals surface area contributed by atoms with E-state index < -0.39 is 68.2 Å². The van der Waals surface area contributed by atoms with Crippen molar-refractivity contribution in [1.82, 2.24) is 0 Å². The highest BCUT2D eigenvalue weighted by molar-refractivity contribution is 5.87. The Morgan fingerprint density at radius 2 is 1.94 bits per heavy atom. The molecule has 0 bridgehead atoms. The minimum absolute atomic E-state index is 0.0642. The molecule has 12 nitrogen and oxygen atoms in total. The summed E-state index contributed by atoms with van der Waals surface area (Å²) in [5.41, 5.74) is -1.33. The number of phenols is 1. The van der Waals surface area contributed by atoms with Gasteiger partial charge in [0.2, 0.25) is 0 Å². The number of aliphatic hydroxyl groups excluding tert-OH is 5. The predicted molar refractivity (Wildman–Crippen MR) is 111 cm³/mol. The zero-order chi connectivity index (χ0) is 24.8. The molecule has 0 aromatic heterocycles. The van der Waals surface area contributed by atoms with Crippen molar-refractivity contribution < 1.29 is 59.5 Å². The van der Waals surface area contributed by atoms with Gasteiger partial charge in [-0.15, -0.1) is 0 Å². The Bertz CT molecular complexity index is 810. The number of hydrogen-bond acceptors (Lipinski definition) is 12. The molecule has 0 spiro atoms. The third kappa shape index (κ3) is 7.09. The fourth-order valence-corrected chi connectivity index (χ4v) is 2.84. The van der Waals surface area contributed by atoms with E-state index in [9.17, 15) is 35.4 Å². The maximum atomic E-state index is 12.0. The third-order valence-electron chi connectivity index (χ3n) is 5.13. The Kier molecular flexibility index (Phi) is 9.57. The second-order valence-electron chi connectivity index (χ2n) is 7.77. The molecule has 0 aliphatic carbocycles. The first-order valence-corrected chi connectivity index (χ1v) is 10.0. The summed E-state index contributed by atoms with van der Waals surface area (Å²) in [6, 6.07) is 4.42. The molecule has 1 aromatic rings. The van der Waals surface area contributed by atoms with Crippen molar-refractivity contribution in [2.45, 2.75) is 49.3 Å². The summed E-state index contributed by atoms with van der Waals surface area (Å²) in [5.74, 6) is -0.649. The zero-order valence-electron chi connectivity index (χ0n) is 18.1. The summed E-state index contributed by atoms with van der Waals surface area (Å²) in [4.78, 5) is 12.0. The van der Waals surface area contributed by atoms with Crippen LogP contribution in [0.25, 0.3) is 6.08 Å². The van der Waals surface area contributed by atoms with E-state index in [0.717, 1.165) is 6.08 Å². The maximum Gasteiger partial charge on any atom is 0.330 e. The Balaban J connectivity index is 1.93. The average molecular weight is 474 g/mol.